The molecule has 1 heterocycles. The van der Waals surface area contributed by atoms with Crippen molar-refractivity contribution in [1.29, 1.82) is 0 Å². The lowest BCUT2D eigenvalue weighted by Crippen LogP contribution is -2.26. The molecule has 0 unspecified atom stereocenters. The third kappa shape index (κ3) is 3.65. The van der Waals surface area contributed by atoms with Crippen LogP contribution < -0.4 is 5.32 Å². The monoisotopic (exact) mass is 292 g/mol. The summed E-state index contributed by atoms with van der Waals surface area (Å²) >= 11 is 18.0. The summed E-state index contributed by atoms with van der Waals surface area (Å²) < 4.78 is 0. The highest BCUT2D eigenvalue weighted by Gasteiger charge is 2.11. The average molecular weight is 294 g/mol. The van der Waals surface area contributed by atoms with E-state index in [1.807, 2.05) is 0 Å². The summed E-state index contributed by atoms with van der Waals surface area (Å²) in [4.78, 5) is 2.44. The van der Waals surface area contributed by atoms with Gasteiger partial charge in [-0.1, -0.05) is 34.8 Å². The Morgan fingerprint density at radius 1 is 1.06 bits per heavy atom. The number of rotatable bonds is 4. The Labute approximate surface area is 117 Å². The van der Waals surface area contributed by atoms with Crippen LogP contribution in [0.25, 0.3) is 0 Å². The molecule has 0 saturated carbocycles. The third-order valence-electron chi connectivity index (χ3n) is 2.94. The smallest absolute Gasteiger partial charge is 0.0720 e. The van der Waals surface area contributed by atoms with Gasteiger partial charge in [-0.15, -0.1) is 0 Å². The summed E-state index contributed by atoms with van der Waals surface area (Å²) in [7, 11) is 0. The van der Waals surface area contributed by atoms with E-state index in [1.165, 1.54) is 25.9 Å². The van der Waals surface area contributed by atoms with Gasteiger partial charge in [-0.2, -0.15) is 0 Å². The van der Waals surface area contributed by atoms with Crippen LogP contribution in [0.3, 0.4) is 0 Å². The highest BCUT2D eigenvalue weighted by atomic mass is 35.5. The molecule has 1 aliphatic heterocycles. The van der Waals surface area contributed by atoms with Crippen molar-refractivity contribution in [2.75, 3.05) is 31.5 Å². The molecule has 1 aromatic rings. The normalized spacial score (nSPS) is 16.4. The Bertz CT molecular complexity index is 366. The Kier molecular flexibility index (Phi) is 4.80. The number of nitrogens with zero attached hydrogens (tertiary/aromatic N) is 1. The molecule has 1 fully saturated rings. The fourth-order valence-corrected chi connectivity index (χ4v) is 3.01. The van der Waals surface area contributed by atoms with Gasteiger partial charge in [-0.25, -0.2) is 0 Å². The fourth-order valence-electron chi connectivity index (χ4n) is 2.06. The minimum atomic E-state index is 0.560. The van der Waals surface area contributed by atoms with Gasteiger partial charge in [0.15, 0.2) is 0 Å². The molecule has 5 heteroatoms. The number of benzene rings is 1. The van der Waals surface area contributed by atoms with Crippen molar-refractivity contribution >= 4 is 40.5 Å². The molecular weight excluding hydrogens is 279 g/mol. The number of hydrogen-bond acceptors (Lipinski definition) is 2. The molecule has 0 aromatic heterocycles. The molecule has 1 saturated heterocycles. The Hall–Kier alpha value is -0.150. The summed E-state index contributed by atoms with van der Waals surface area (Å²) in [6, 6.07) is 3.40. The van der Waals surface area contributed by atoms with E-state index in [1.54, 1.807) is 12.1 Å². The molecule has 0 radical (unpaired) electrons. The lowest BCUT2D eigenvalue weighted by molar-refractivity contribution is 0.352. The predicted octanol–water partition coefficient (Wildman–Crippen LogP) is 4.15. The zero-order chi connectivity index (χ0) is 12.3. The number of likely N-dealkylation sites (tertiary alicyclic amines) is 1. The van der Waals surface area contributed by atoms with E-state index in [4.69, 9.17) is 34.8 Å². The van der Waals surface area contributed by atoms with Crippen LogP contribution in [0, 0.1) is 0 Å². The molecule has 2 rings (SSSR count). The van der Waals surface area contributed by atoms with E-state index in [0.29, 0.717) is 15.1 Å². The van der Waals surface area contributed by atoms with Crippen molar-refractivity contribution in [1.82, 2.24) is 4.90 Å². The standard InChI is InChI=1S/C12H15Cl3N2/c13-9-7-10(14)12(11(15)8-9)16-3-6-17-4-1-2-5-17/h7-8,16H,1-6H2. The third-order valence-corrected chi connectivity index (χ3v) is 3.75. The van der Waals surface area contributed by atoms with Crippen LogP contribution in [0.5, 0.6) is 0 Å². The summed E-state index contributed by atoms with van der Waals surface area (Å²) in [6.45, 7) is 4.27. The van der Waals surface area contributed by atoms with Gasteiger partial charge in [0.2, 0.25) is 0 Å². The molecule has 0 amide bonds. The van der Waals surface area contributed by atoms with Crippen molar-refractivity contribution in [3.8, 4) is 0 Å². The Morgan fingerprint density at radius 3 is 2.24 bits per heavy atom. The van der Waals surface area contributed by atoms with E-state index < -0.39 is 0 Å². The van der Waals surface area contributed by atoms with Gasteiger partial charge in [0, 0.05) is 18.1 Å². The van der Waals surface area contributed by atoms with Crippen LogP contribution in [0.4, 0.5) is 5.69 Å². The van der Waals surface area contributed by atoms with E-state index >= 15 is 0 Å². The van der Waals surface area contributed by atoms with Crippen LogP contribution >= 0.6 is 34.8 Å². The number of anilines is 1. The van der Waals surface area contributed by atoms with Gasteiger partial charge in [0.25, 0.3) is 0 Å². The fraction of sp³-hybridized carbons (Fsp3) is 0.500. The van der Waals surface area contributed by atoms with Crippen molar-refractivity contribution in [3.05, 3.63) is 27.2 Å². The van der Waals surface area contributed by atoms with Crippen molar-refractivity contribution in [2.24, 2.45) is 0 Å². The SMILES string of the molecule is Clc1cc(Cl)c(NCCN2CCCC2)c(Cl)c1. The zero-order valence-electron chi connectivity index (χ0n) is 9.48. The molecule has 94 valence electrons. The van der Waals surface area contributed by atoms with Crippen LogP contribution in [0.1, 0.15) is 12.8 Å². The first kappa shape index (κ1) is 13.3. The second-order valence-corrected chi connectivity index (χ2v) is 5.47. The summed E-state index contributed by atoms with van der Waals surface area (Å²) in [5.74, 6) is 0. The summed E-state index contributed by atoms with van der Waals surface area (Å²) in [5, 5.41) is 4.98. The molecule has 17 heavy (non-hydrogen) atoms. The van der Waals surface area contributed by atoms with Crippen molar-refractivity contribution < 1.29 is 0 Å². The number of nitrogens with one attached hydrogen (secondary N) is 1. The van der Waals surface area contributed by atoms with Gasteiger partial charge in [0.1, 0.15) is 0 Å². The predicted molar refractivity (Wildman–Crippen MR) is 75.6 cm³/mol. The average Bonchev–Trinajstić information content (AvgIpc) is 2.74. The van der Waals surface area contributed by atoms with Crippen LogP contribution in [-0.4, -0.2) is 31.1 Å². The van der Waals surface area contributed by atoms with Gasteiger partial charge >= 0.3 is 0 Å². The Morgan fingerprint density at radius 2 is 1.65 bits per heavy atom. The van der Waals surface area contributed by atoms with E-state index in [0.717, 1.165) is 18.8 Å². The molecule has 0 bridgehead atoms. The molecule has 1 aromatic carbocycles. The van der Waals surface area contributed by atoms with Gasteiger partial charge < -0.3 is 10.2 Å². The highest BCUT2D eigenvalue weighted by Crippen LogP contribution is 2.33. The quantitative estimate of drug-likeness (QED) is 0.897. The highest BCUT2D eigenvalue weighted by molar-refractivity contribution is 6.41. The van der Waals surface area contributed by atoms with E-state index in [2.05, 4.69) is 10.2 Å². The number of hydrogen-bond donors (Lipinski definition) is 1. The first-order valence-corrected chi connectivity index (χ1v) is 6.91. The first-order chi connectivity index (χ1) is 8.16. The maximum Gasteiger partial charge on any atom is 0.0720 e. The first-order valence-electron chi connectivity index (χ1n) is 5.77. The lowest BCUT2D eigenvalue weighted by Gasteiger charge is -2.16. The van der Waals surface area contributed by atoms with E-state index in [-0.39, 0.29) is 0 Å². The lowest BCUT2D eigenvalue weighted by atomic mass is 10.3. The summed E-state index contributed by atoms with van der Waals surface area (Å²) in [5.41, 5.74) is 0.775. The molecule has 1 N–H and O–H groups in total. The van der Waals surface area contributed by atoms with Crippen molar-refractivity contribution in [3.63, 3.8) is 0 Å². The van der Waals surface area contributed by atoms with Gasteiger partial charge in [-0.3, -0.25) is 0 Å². The molecule has 0 spiro atoms. The van der Waals surface area contributed by atoms with E-state index in [9.17, 15) is 0 Å². The zero-order valence-corrected chi connectivity index (χ0v) is 11.7. The maximum absolute atomic E-state index is 6.09. The topological polar surface area (TPSA) is 15.3 Å². The molecule has 1 aliphatic rings. The molecule has 0 atom stereocenters. The molecular formula is C12H15Cl3N2. The van der Waals surface area contributed by atoms with Gasteiger partial charge in [-0.05, 0) is 38.1 Å². The second-order valence-electron chi connectivity index (χ2n) is 4.22. The van der Waals surface area contributed by atoms with Gasteiger partial charge in [0.05, 0.1) is 15.7 Å². The van der Waals surface area contributed by atoms with Crippen LogP contribution in [0.15, 0.2) is 12.1 Å². The second kappa shape index (κ2) is 6.14. The molecule has 2 nitrogen and oxygen atoms in total. The Balaban J connectivity index is 1.89. The minimum absolute atomic E-state index is 0.560. The van der Waals surface area contributed by atoms with Crippen LogP contribution in [0.2, 0.25) is 15.1 Å². The number of halogens is 3. The molecule has 0 aliphatic carbocycles. The minimum Gasteiger partial charge on any atom is -0.381 e. The summed E-state index contributed by atoms with van der Waals surface area (Å²) in [6.07, 6.45) is 2.62. The van der Waals surface area contributed by atoms with Crippen molar-refractivity contribution in [2.45, 2.75) is 12.8 Å². The maximum atomic E-state index is 6.09. The largest absolute Gasteiger partial charge is 0.381 e. The van der Waals surface area contributed by atoms with Crippen LogP contribution in [-0.2, 0) is 0 Å².